The molecule has 0 unspecified atom stereocenters. The van der Waals surface area contributed by atoms with Gasteiger partial charge < -0.3 is 19.7 Å². The Labute approximate surface area is 143 Å². The van der Waals surface area contributed by atoms with Crippen LogP contribution in [0.5, 0.6) is 5.75 Å². The van der Waals surface area contributed by atoms with Crippen LogP contribution in [0, 0.1) is 0 Å². The Kier molecular flexibility index (Phi) is 7.21. The quantitative estimate of drug-likeness (QED) is 0.730. The molecule has 1 aromatic carbocycles. The summed E-state index contributed by atoms with van der Waals surface area (Å²) in [5, 5.41) is 2.84. The first-order valence-electron chi connectivity index (χ1n) is 8.41. The number of benzene rings is 1. The number of carbonyl (C=O) groups excluding carboxylic acids is 2. The Balaban J connectivity index is 1.69. The van der Waals surface area contributed by atoms with Crippen molar-refractivity contribution >= 4 is 11.7 Å². The summed E-state index contributed by atoms with van der Waals surface area (Å²) in [6.45, 7) is 5.40. The smallest absolute Gasteiger partial charge is 0.220 e. The lowest BCUT2D eigenvalue weighted by Crippen LogP contribution is -2.45. The molecule has 0 aliphatic carbocycles. The molecule has 1 aliphatic rings. The average Bonchev–Trinajstić information content (AvgIpc) is 2.59. The number of hydrogen-bond donors (Lipinski definition) is 1. The lowest BCUT2D eigenvalue weighted by atomic mass is 10.1. The van der Waals surface area contributed by atoms with E-state index in [-0.39, 0.29) is 30.6 Å². The Morgan fingerprint density at radius 1 is 1.29 bits per heavy atom. The van der Waals surface area contributed by atoms with E-state index >= 15 is 0 Å². The van der Waals surface area contributed by atoms with E-state index < -0.39 is 0 Å². The molecule has 6 nitrogen and oxygen atoms in total. The monoisotopic (exact) mass is 334 g/mol. The van der Waals surface area contributed by atoms with Crippen LogP contribution in [0.15, 0.2) is 24.3 Å². The molecule has 1 heterocycles. The minimum Gasteiger partial charge on any atom is -0.494 e. The van der Waals surface area contributed by atoms with Gasteiger partial charge in [-0.3, -0.25) is 9.59 Å². The number of morpholine rings is 1. The molecule has 0 bridgehead atoms. The van der Waals surface area contributed by atoms with Crippen LogP contribution in [0.2, 0.25) is 0 Å². The van der Waals surface area contributed by atoms with Gasteiger partial charge in [0.25, 0.3) is 0 Å². The number of likely N-dealkylation sites (N-methyl/N-ethyl adjacent to an activating group) is 1. The minimum atomic E-state index is -0.119. The van der Waals surface area contributed by atoms with Crippen LogP contribution < -0.4 is 10.1 Å². The second-order valence-electron chi connectivity index (χ2n) is 5.94. The molecule has 132 valence electrons. The summed E-state index contributed by atoms with van der Waals surface area (Å²) in [5.74, 6) is 0.581. The minimum absolute atomic E-state index is 0.0227. The maximum absolute atomic E-state index is 12.1. The zero-order chi connectivity index (χ0) is 17.4. The highest BCUT2D eigenvalue weighted by atomic mass is 16.5. The summed E-state index contributed by atoms with van der Waals surface area (Å²) < 4.78 is 10.9. The van der Waals surface area contributed by atoms with Crippen molar-refractivity contribution in [3.05, 3.63) is 29.8 Å². The highest BCUT2D eigenvalue weighted by molar-refractivity contribution is 5.98. The van der Waals surface area contributed by atoms with Crippen molar-refractivity contribution in [3.8, 4) is 5.75 Å². The topological polar surface area (TPSA) is 67.9 Å². The van der Waals surface area contributed by atoms with E-state index in [1.807, 2.05) is 14.0 Å². The first-order chi connectivity index (χ1) is 11.6. The molecule has 1 aliphatic heterocycles. The summed E-state index contributed by atoms with van der Waals surface area (Å²) >= 11 is 0. The maximum atomic E-state index is 12.1. The number of ether oxygens (including phenoxy) is 2. The van der Waals surface area contributed by atoms with Crippen LogP contribution in [-0.2, 0) is 9.53 Å². The largest absolute Gasteiger partial charge is 0.494 e. The van der Waals surface area contributed by atoms with Crippen molar-refractivity contribution in [2.24, 2.45) is 0 Å². The van der Waals surface area contributed by atoms with E-state index in [9.17, 15) is 9.59 Å². The zero-order valence-corrected chi connectivity index (χ0v) is 14.4. The zero-order valence-electron chi connectivity index (χ0n) is 14.4. The number of amides is 1. The number of nitrogens with zero attached hydrogens (tertiary/aromatic N) is 1. The van der Waals surface area contributed by atoms with Crippen molar-refractivity contribution in [2.75, 3.05) is 39.9 Å². The van der Waals surface area contributed by atoms with Gasteiger partial charge in [0.15, 0.2) is 5.78 Å². The molecule has 0 aromatic heterocycles. The molecular formula is C18H26N2O4. The summed E-state index contributed by atoms with van der Waals surface area (Å²) in [5.41, 5.74) is 0.600. The Bertz CT molecular complexity index is 544. The fourth-order valence-corrected chi connectivity index (χ4v) is 2.58. The highest BCUT2D eigenvalue weighted by Crippen LogP contribution is 2.14. The van der Waals surface area contributed by atoms with Gasteiger partial charge in [-0.25, -0.2) is 0 Å². The lowest BCUT2D eigenvalue weighted by molar-refractivity contribution is -0.122. The molecule has 1 atom stereocenters. The van der Waals surface area contributed by atoms with E-state index in [1.165, 1.54) is 0 Å². The van der Waals surface area contributed by atoms with Gasteiger partial charge in [0.2, 0.25) is 5.91 Å². The molecule has 0 radical (unpaired) electrons. The van der Waals surface area contributed by atoms with Crippen molar-refractivity contribution in [2.45, 2.75) is 25.9 Å². The average molecular weight is 334 g/mol. The Morgan fingerprint density at radius 3 is 2.71 bits per heavy atom. The van der Waals surface area contributed by atoms with Gasteiger partial charge in [0.05, 0.1) is 19.3 Å². The van der Waals surface area contributed by atoms with E-state index in [2.05, 4.69) is 10.2 Å². The maximum Gasteiger partial charge on any atom is 0.220 e. The van der Waals surface area contributed by atoms with Crippen LogP contribution in [0.4, 0.5) is 0 Å². The van der Waals surface area contributed by atoms with Gasteiger partial charge in [-0.2, -0.15) is 0 Å². The SMILES string of the molecule is CCOc1ccc(C(=O)CCC(=O)NC[C@@H]2CN(C)CCO2)cc1. The van der Waals surface area contributed by atoms with Crippen molar-refractivity contribution < 1.29 is 19.1 Å². The third-order valence-electron chi connectivity index (χ3n) is 3.94. The predicted molar refractivity (Wildman–Crippen MR) is 91.4 cm³/mol. The fraction of sp³-hybridized carbons (Fsp3) is 0.556. The normalized spacial score (nSPS) is 18.2. The molecule has 1 N–H and O–H groups in total. The third-order valence-corrected chi connectivity index (χ3v) is 3.94. The summed E-state index contributed by atoms with van der Waals surface area (Å²) in [7, 11) is 2.03. The molecule has 0 saturated carbocycles. The predicted octanol–water partition coefficient (Wildman–Crippen LogP) is 1.49. The number of ketones is 1. The number of Topliss-reactive ketones (excluding diaryl/α,β-unsaturated/α-hetero) is 1. The van der Waals surface area contributed by atoms with Crippen LogP contribution in [0.25, 0.3) is 0 Å². The summed E-state index contributed by atoms with van der Waals surface area (Å²) in [6.07, 6.45) is 0.411. The van der Waals surface area contributed by atoms with Crippen molar-refractivity contribution in [1.29, 1.82) is 0 Å². The summed E-state index contributed by atoms with van der Waals surface area (Å²) in [4.78, 5) is 26.2. The second kappa shape index (κ2) is 9.39. The number of rotatable bonds is 8. The van der Waals surface area contributed by atoms with Gasteiger partial charge >= 0.3 is 0 Å². The second-order valence-corrected chi connectivity index (χ2v) is 5.94. The number of carbonyl (C=O) groups is 2. The molecule has 0 spiro atoms. The van der Waals surface area contributed by atoms with Crippen LogP contribution >= 0.6 is 0 Å². The Morgan fingerprint density at radius 2 is 2.04 bits per heavy atom. The number of hydrogen-bond acceptors (Lipinski definition) is 5. The Hall–Kier alpha value is -1.92. The molecule has 24 heavy (non-hydrogen) atoms. The standard InChI is InChI=1S/C18H26N2O4/c1-3-23-15-6-4-14(5-7-15)17(21)8-9-18(22)19-12-16-13-20(2)10-11-24-16/h4-7,16H,3,8-13H2,1-2H3,(H,19,22)/t16-/m1/s1. The number of nitrogens with one attached hydrogen (secondary N) is 1. The summed E-state index contributed by atoms with van der Waals surface area (Å²) in [6, 6.07) is 7.01. The molecule has 2 rings (SSSR count). The van der Waals surface area contributed by atoms with Gasteiger partial charge in [-0.1, -0.05) is 0 Å². The molecular weight excluding hydrogens is 308 g/mol. The van der Waals surface area contributed by atoms with E-state index in [1.54, 1.807) is 24.3 Å². The van der Waals surface area contributed by atoms with Gasteiger partial charge in [0, 0.05) is 38.0 Å². The van der Waals surface area contributed by atoms with Crippen LogP contribution in [-0.4, -0.2) is 62.6 Å². The third kappa shape index (κ3) is 5.94. The van der Waals surface area contributed by atoms with E-state index in [4.69, 9.17) is 9.47 Å². The van der Waals surface area contributed by atoms with Crippen molar-refractivity contribution in [3.63, 3.8) is 0 Å². The van der Waals surface area contributed by atoms with E-state index in [0.717, 1.165) is 18.8 Å². The van der Waals surface area contributed by atoms with Gasteiger partial charge in [-0.15, -0.1) is 0 Å². The molecule has 1 fully saturated rings. The molecule has 1 saturated heterocycles. The molecule has 6 heteroatoms. The molecule has 1 aromatic rings. The van der Waals surface area contributed by atoms with Crippen LogP contribution in [0.3, 0.4) is 0 Å². The van der Waals surface area contributed by atoms with E-state index in [0.29, 0.717) is 25.3 Å². The highest BCUT2D eigenvalue weighted by Gasteiger charge is 2.18. The van der Waals surface area contributed by atoms with Crippen LogP contribution in [0.1, 0.15) is 30.1 Å². The van der Waals surface area contributed by atoms with Gasteiger partial charge in [0.1, 0.15) is 5.75 Å². The van der Waals surface area contributed by atoms with Crippen molar-refractivity contribution in [1.82, 2.24) is 10.2 Å². The first-order valence-corrected chi connectivity index (χ1v) is 8.41. The molecule has 1 amide bonds. The lowest BCUT2D eigenvalue weighted by Gasteiger charge is -2.30. The first kappa shape index (κ1) is 18.4. The fourth-order valence-electron chi connectivity index (χ4n) is 2.58. The van der Waals surface area contributed by atoms with Gasteiger partial charge in [-0.05, 0) is 38.2 Å².